The van der Waals surface area contributed by atoms with E-state index in [1.54, 1.807) is 12.1 Å². The average molecular weight is 936 g/mol. The number of anilines is 1. The lowest BCUT2D eigenvalue weighted by atomic mass is 9.81. The van der Waals surface area contributed by atoms with Crippen LogP contribution >= 0.6 is 12.0 Å². The summed E-state index contributed by atoms with van der Waals surface area (Å²) < 4.78 is 107. The Balaban J connectivity index is 1.67. The first kappa shape index (κ1) is 48.8. The topological polar surface area (TPSA) is 245 Å². The maximum atomic E-state index is 12.2. The van der Waals surface area contributed by atoms with Crippen molar-refractivity contribution < 1.29 is 68.0 Å². The first-order chi connectivity index (χ1) is 28.9. The van der Waals surface area contributed by atoms with Crippen LogP contribution in [0.25, 0.3) is 5.57 Å². The van der Waals surface area contributed by atoms with Crippen LogP contribution in [-0.2, 0) is 61.8 Å². The molecule has 0 amide bonds. The van der Waals surface area contributed by atoms with Crippen molar-refractivity contribution in [1.82, 2.24) is 0 Å². The van der Waals surface area contributed by atoms with Crippen LogP contribution in [0, 0.1) is 0 Å². The lowest BCUT2D eigenvalue weighted by Gasteiger charge is -2.27. The Morgan fingerprint density at radius 3 is 2.21 bits per heavy atom. The number of unbranched alkanes of at least 4 members (excludes halogenated alkanes) is 1. The van der Waals surface area contributed by atoms with Gasteiger partial charge in [0.25, 0.3) is 30.4 Å². The third-order valence-electron chi connectivity index (χ3n) is 11.0. The first-order valence-electron chi connectivity index (χ1n) is 19.6. The number of aliphatic carboxylic acids is 1. The number of benzene rings is 3. The van der Waals surface area contributed by atoms with Gasteiger partial charge in [-0.2, -0.15) is 29.8 Å². The highest BCUT2D eigenvalue weighted by Gasteiger charge is 2.45. The summed E-state index contributed by atoms with van der Waals surface area (Å²) in [5.41, 5.74) is 5.15. The van der Waals surface area contributed by atoms with E-state index in [0.29, 0.717) is 46.7 Å². The molecule has 0 aromatic heterocycles. The van der Waals surface area contributed by atoms with Crippen molar-refractivity contribution in [2.45, 2.75) is 86.8 Å². The smallest absolute Gasteiger partial charge is 0.303 e. The molecule has 20 heteroatoms. The van der Waals surface area contributed by atoms with Gasteiger partial charge < -0.3 is 10.0 Å². The summed E-state index contributed by atoms with van der Waals surface area (Å²) in [5.74, 6) is -1.85. The second-order valence-electron chi connectivity index (χ2n) is 16.1. The van der Waals surface area contributed by atoms with Crippen molar-refractivity contribution in [3.05, 3.63) is 113 Å². The highest BCUT2D eigenvalue weighted by atomic mass is 32.2. The Morgan fingerprint density at radius 1 is 0.839 bits per heavy atom. The van der Waals surface area contributed by atoms with E-state index in [1.807, 2.05) is 97.9 Å². The molecule has 5 rings (SSSR count). The molecule has 0 atom stereocenters. The molecule has 16 nitrogen and oxygen atoms in total. The van der Waals surface area contributed by atoms with Gasteiger partial charge in [-0.15, -0.1) is 4.33 Å². The molecule has 336 valence electrons. The van der Waals surface area contributed by atoms with Gasteiger partial charge in [-0.3, -0.25) is 18.5 Å². The molecule has 0 spiro atoms. The molecule has 0 saturated heterocycles. The number of carboxylic acid groups (broad SMARTS) is 1. The fourth-order valence-corrected chi connectivity index (χ4v) is 9.86. The summed E-state index contributed by atoms with van der Waals surface area (Å²) in [6, 6.07) is 17.4. The van der Waals surface area contributed by atoms with E-state index in [9.17, 15) is 43.7 Å². The Bertz CT molecular complexity index is 2650. The minimum atomic E-state index is -4.57. The van der Waals surface area contributed by atoms with Gasteiger partial charge >= 0.3 is 5.97 Å². The number of nitrogens with zero attached hydrogens (tertiary/aromatic N) is 2. The third-order valence-corrected chi connectivity index (χ3v) is 14.0. The standard InChI is InChI=1S/C42H50N2O14S4/c1-41(2)34-27-32(59-58-57-47)16-18-36(34)43(22-8-24-60(48,49)50)38(41)20-14-30(31-12-7-11-29(26-31)10-5-6-13-40(45)46)15-21-39-42(3,4)35-28-33(62(54,55)56)17-19-37(35)44(39)23-9-25-61(51,52)53/h7,11-12,14-21,26-28H,5-6,8-10,13,22-25H2,1-4H3,(H4-,45,46,47,48,49,50,51,52,53,54,55,56)/p+1. The minimum absolute atomic E-state index is 0.0346. The number of fused-ring (bicyclic) bond motifs is 2. The minimum Gasteiger partial charge on any atom is -0.481 e. The number of carbonyl (C=O) groups is 1. The summed E-state index contributed by atoms with van der Waals surface area (Å²) in [6.07, 6.45) is 9.51. The van der Waals surface area contributed by atoms with E-state index in [-0.39, 0.29) is 37.2 Å². The van der Waals surface area contributed by atoms with Crippen LogP contribution in [0.4, 0.5) is 11.4 Å². The predicted molar refractivity (Wildman–Crippen MR) is 235 cm³/mol. The first-order valence-corrected chi connectivity index (χ1v) is 25.0. The summed E-state index contributed by atoms with van der Waals surface area (Å²) in [7, 11) is -13.1. The van der Waals surface area contributed by atoms with Gasteiger partial charge in [0.05, 0.1) is 33.9 Å². The molecular weight excluding hydrogens is 885 g/mol. The second-order valence-corrected chi connectivity index (χ2v) is 21.4. The van der Waals surface area contributed by atoms with Gasteiger partial charge in [0.15, 0.2) is 5.71 Å². The Kier molecular flexibility index (Phi) is 15.5. The predicted octanol–water partition coefficient (Wildman–Crippen LogP) is 7.41. The number of carboxylic acids is 1. The van der Waals surface area contributed by atoms with E-state index < -0.39 is 58.7 Å². The largest absolute Gasteiger partial charge is 0.481 e. The molecule has 2 aliphatic heterocycles. The highest BCUT2D eigenvalue weighted by molar-refractivity contribution is 7.94. The summed E-state index contributed by atoms with van der Waals surface area (Å²) in [6.45, 7) is 8.11. The van der Waals surface area contributed by atoms with Crippen LogP contribution in [0.5, 0.6) is 0 Å². The quantitative estimate of drug-likeness (QED) is 0.0133. The molecule has 0 radical (unpaired) electrons. The van der Waals surface area contributed by atoms with Crippen molar-refractivity contribution in [1.29, 1.82) is 0 Å². The van der Waals surface area contributed by atoms with Crippen molar-refractivity contribution in [2.24, 2.45) is 0 Å². The van der Waals surface area contributed by atoms with Gasteiger partial charge in [-0.1, -0.05) is 49.2 Å². The molecule has 5 N–H and O–H groups in total. The molecule has 0 unspecified atom stereocenters. The van der Waals surface area contributed by atoms with Crippen LogP contribution in [0.15, 0.2) is 100 Å². The van der Waals surface area contributed by atoms with Crippen molar-refractivity contribution in [3.8, 4) is 0 Å². The second kappa shape index (κ2) is 19.7. The zero-order chi connectivity index (χ0) is 45.7. The zero-order valence-electron chi connectivity index (χ0n) is 34.6. The number of allylic oxidation sites excluding steroid dienone is 6. The summed E-state index contributed by atoms with van der Waals surface area (Å²) in [5, 5.41) is 21.7. The normalized spacial score (nSPS) is 17.0. The number of rotatable bonds is 21. The van der Waals surface area contributed by atoms with Crippen molar-refractivity contribution >= 4 is 71.0 Å². The molecule has 62 heavy (non-hydrogen) atoms. The lowest BCUT2D eigenvalue weighted by Crippen LogP contribution is -2.28. The zero-order valence-corrected chi connectivity index (χ0v) is 37.9. The maximum Gasteiger partial charge on any atom is 0.303 e. The van der Waals surface area contributed by atoms with Crippen molar-refractivity contribution in [3.63, 3.8) is 0 Å². The molecule has 2 heterocycles. The number of hydrogen-bond acceptors (Lipinski definition) is 12. The van der Waals surface area contributed by atoms with Crippen molar-refractivity contribution in [2.75, 3.05) is 29.5 Å². The summed E-state index contributed by atoms with van der Waals surface area (Å²) in [4.78, 5) is 13.3. The average Bonchev–Trinajstić information content (AvgIpc) is 3.51. The molecule has 2 aliphatic rings. The number of aryl methyl sites for hydroxylation is 1. The Labute approximate surface area is 366 Å². The van der Waals surface area contributed by atoms with Crippen LogP contribution in [-0.4, -0.2) is 90.1 Å². The SMILES string of the molecule is CC1(C)C(=CC=C(C=CC2=[N+](CCCS(=O)(=O)O)c3ccc(SOOO)cc3C2(C)C)c2cccc(CCCCC(=O)O)c2)N(CCCS(=O)(=O)O)c2ccc(S(=O)(=O)O)cc21. The molecular formula is C42H51N2O14S4+. The van der Waals surface area contributed by atoms with E-state index in [2.05, 4.69) is 9.37 Å². The van der Waals surface area contributed by atoms with Gasteiger partial charge in [0, 0.05) is 58.8 Å². The molecule has 3 aromatic carbocycles. The monoisotopic (exact) mass is 935 g/mol. The highest BCUT2D eigenvalue weighted by Crippen LogP contribution is 2.49. The summed E-state index contributed by atoms with van der Waals surface area (Å²) >= 11 is 0.795. The molecule has 0 aliphatic carbocycles. The molecule has 0 fully saturated rings. The van der Waals surface area contributed by atoms with Crippen LogP contribution in [0.1, 0.15) is 82.1 Å². The molecule has 0 saturated carbocycles. The Hall–Kier alpha value is -4.22. The molecule has 0 bridgehead atoms. The van der Waals surface area contributed by atoms with E-state index in [4.69, 9.17) is 10.4 Å². The van der Waals surface area contributed by atoms with Gasteiger partial charge in [-0.25, -0.2) is 5.26 Å². The van der Waals surface area contributed by atoms with Crippen LogP contribution in [0.3, 0.4) is 0 Å². The number of hydrogen-bond donors (Lipinski definition) is 5. The van der Waals surface area contributed by atoms with E-state index >= 15 is 0 Å². The van der Waals surface area contributed by atoms with E-state index in [0.717, 1.165) is 40.1 Å². The fraction of sp³-hybridized carbons (Fsp3) is 0.381. The van der Waals surface area contributed by atoms with E-state index in [1.165, 1.54) is 12.1 Å². The van der Waals surface area contributed by atoms with Crippen LogP contribution < -0.4 is 4.90 Å². The Morgan fingerprint density at radius 2 is 1.55 bits per heavy atom. The molecule has 3 aromatic rings. The van der Waals surface area contributed by atoms with Gasteiger partial charge in [0.1, 0.15) is 6.54 Å². The van der Waals surface area contributed by atoms with Gasteiger partial charge in [0.2, 0.25) is 5.69 Å². The fourth-order valence-electron chi connectivity index (χ4n) is 7.97. The third kappa shape index (κ3) is 12.3. The lowest BCUT2D eigenvalue weighted by molar-refractivity contribution is -0.437. The van der Waals surface area contributed by atoms with Gasteiger partial charge in [-0.05, 0) is 104 Å². The van der Waals surface area contributed by atoms with Crippen LogP contribution in [0.2, 0.25) is 0 Å². The maximum absolute atomic E-state index is 12.2.